The van der Waals surface area contributed by atoms with Gasteiger partial charge < -0.3 is 14.8 Å². The monoisotopic (exact) mass is 450 g/mol. The van der Waals surface area contributed by atoms with Gasteiger partial charge in [0.25, 0.3) is 0 Å². The molecule has 162 valence electrons. The molecular formula is C21H26N2O5S2. The van der Waals surface area contributed by atoms with Gasteiger partial charge >= 0.3 is 0 Å². The van der Waals surface area contributed by atoms with Gasteiger partial charge in [0, 0.05) is 36.2 Å². The van der Waals surface area contributed by atoms with Gasteiger partial charge in [-0.1, -0.05) is 17.7 Å². The summed E-state index contributed by atoms with van der Waals surface area (Å²) in [5, 5.41) is 2.89. The van der Waals surface area contributed by atoms with Crippen molar-refractivity contribution in [2.24, 2.45) is 0 Å². The molecule has 0 radical (unpaired) electrons. The molecule has 0 fully saturated rings. The molecule has 9 heteroatoms. The summed E-state index contributed by atoms with van der Waals surface area (Å²) in [6.45, 7) is 2.95. The Balaban J connectivity index is 1.43. The number of aryl methyl sites for hydroxylation is 1. The lowest BCUT2D eigenvalue weighted by atomic mass is 10.2. The molecule has 0 saturated carbocycles. The molecule has 2 aromatic rings. The molecule has 0 aromatic heterocycles. The third kappa shape index (κ3) is 6.30. The van der Waals surface area contributed by atoms with Gasteiger partial charge in [0.15, 0.2) is 11.5 Å². The number of nitrogens with zero attached hydrogens (tertiary/aromatic N) is 1. The second-order valence-corrected chi connectivity index (χ2v) is 10.1. The molecule has 0 aliphatic carbocycles. The molecule has 1 aliphatic heterocycles. The molecule has 1 heterocycles. The predicted octanol–water partition coefficient (Wildman–Crippen LogP) is 3.18. The number of nitrogens with one attached hydrogen (secondary N) is 1. The Bertz CT molecular complexity index is 977. The number of rotatable bonds is 10. The Morgan fingerprint density at radius 3 is 2.60 bits per heavy atom. The first-order valence-corrected chi connectivity index (χ1v) is 12.5. The molecule has 2 aromatic carbocycles. The van der Waals surface area contributed by atoms with Crippen molar-refractivity contribution >= 4 is 33.4 Å². The molecule has 1 N–H and O–H groups in total. The van der Waals surface area contributed by atoms with Gasteiger partial charge in [-0.25, -0.2) is 8.42 Å². The molecule has 7 nitrogen and oxygen atoms in total. The van der Waals surface area contributed by atoms with Crippen LogP contribution in [0.3, 0.4) is 0 Å². The topological polar surface area (TPSA) is 84.9 Å². The molecule has 0 atom stereocenters. The van der Waals surface area contributed by atoms with Crippen molar-refractivity contribution in [2.75, 3.05) is 36.2 Å². The molecule has 0 spiro atoms. The van der Waals surface area contributed by atoms with E-state index in [9.17, 15) is 13.2 Å². The van der Waals surface area contributed by atoms with E-state index in [2.05, 4.69) is 29.6 Å². The van der Waals surface area contributed by atoms with Crippen LogP contribution in [0.25, 0.3) is 0 Å². The standard InChI is InChI=1S/C21H26N2O5S2/c1-16-5-8-18(9-6-16)29-13-11-22-21(24)4-3-12-23(30(2,25)26)17-7-10-19-20(14-17)28-15-27-19/h5-10,14H,3-4,11-13,15H2,1-2H3,(H,22,24). The van der Waals surface area contributed by atoms with Crippen molar-refractivity contribution in [3.05, 3.63) is 48.0 Å². The van der Waals surface area contributed by atoms with Crippen LogP contribution in [0.5, 0.6) is 11.5 Å². The van der Waals surface area contributed by atoms with Crippen molar-refractivity contribution in [1.29, 1.82) is 0 Å². The lowest BCUT2D eigenvalue weighted by Gasteiger charge is -2.22. The fraction of sp³-hybridized carbons (Fsp3) is 0.381. The minimum atomic E-state index is -3.49. The van der Waals surface area contributed by atoms with Crippen molar-refractivity contribution in [3.63, 3.8) is 0 Å². The SMILES string of the molecule is Cc1ccc(SCCNC(=O)CCCN(c2ccc3c(c2)OCO3)S(C)(=O)=O)cc1. The Labute approximate surface area is 181 Å². The minimum Gasteiger partial charge on any atom is -0.454 e. The number of carbonyl (C=O) groups is 1. The summed E-state index contributed by atoms with van der Waals surface area (Å²) in [7, 11) is -3.49. The molecule has 30 heavy (non-hydrogen) atoms. The second-order valence-electron chi connectivity index (χ2n) is 6.99. The summed E-state index contributed by atoms with van der Waals surface area (Å²) < 4.78 is 36.3. The summed E-state index contributed by atoms with van der Waals surface area (Å²) in [4.78, 5) is 13.3. The predicted molar refractivity (Wildman–Crippen MR) is 119 cm³/mol. The van der Waals surface area contributed by atoms with Crippen LogP contribution in [0, 0.1) is 6.92 Å². The third-order valence-corrected chi connectivity index (χ3v) is 6.73. The third-order valence-electron chi connectivity index (χ3n) is 4.52. The zero-order chi connectivity index (χ0) is 21.6. The fourth-order valence-electron chi connectivity index (χ4n) is 2.99. The maximum Gasteiger partial charge on any atom is 0.232 e. The Hall–Kier alpha value is -2.39. The first kappa shape index (κ1) is 22.3. The smallest absolute Gasteiger partial charge is 0.232 e. The molecule has 0 saturated heterocycles. The highest BCUT2D eigenvalue weighted by Crippen LogP contribution is 2.36. The Morgan fingerprint density at radius 1 is 1.13 bits per heavy atom. The van der Waals surface area contributed by atoms with E-state index in [-0.39, 0.29) is 25.7 Å². The van der Waals surface area contributed by atoms with Crippen LogP contribution in [0.15, 0.2) is 47.4 Å². The number of sulfonamides is 1. The van der Waals surface area contributed by atoms with Gasteiger partial charge in [-0.05, 0) is 37.6 Å². The van der Waals surface area contributed by atoms with Crippen molar-refractivity contribution in [1.82, 2.24) is 5.32 Å². The number of amides is 1. The maximum atomic E-state index is 12.2. The van der Waals surface area contributed by atoms with E-state index in [4.69, 9.17) is 9.47 Å². The van der Waals surface area contributed by atoms with E-state index in [0.29, 0.717) is 30.2 Å². The van der Waals surface area contributed by atoms with Gasteiger partial charge in [-0.3, -0.25) is 9.10 Å². The van der Waals surface area contributed by atoms with Crippen molar-refractivity contribution in [3.8, 4) is 11.5 Å². The van der Waals surface area contributed by atoms with Crippen molar-refractivity contribution in [2.45, 2.75) is 24.7 Å². The summed E-state index contributed by atoms with van der Waals surface area (Å²) in [5.41, 5.74) is 1.72. The zero-order valence-corrected chi connectivity index (χ0v) is 18.7. The Kier molecular flexibility index (Phi) is 7.49. The van der Waals surface area contributed by atoms with Gasteiger partial charge in [0.05, 0.1) is 11.9 Å². The molecule has 1 amide bonds. The van der Waals surface area contributed by atoms with Gasteiger partial charge in [-0.2, -0.15) is 0 Å². The van der Waals surface area contributed by atoms with Crippen LogP contribution in [0.2, 0.25) is 0 Å². The number of hydrogen-bond donors (Lipinski definition) is 1. The first-order valence-electron chi connectivity index (χ1n) is 9.66. The largest absolute Gasteiger partial charge is 0.454 e. The van der Waals surface area contributed by atoms with E-state index >= 15 is 0 Å². The summed E-state index contributed by atoms with van der Waals surface area (Å²) in [6.07, 6.45) is 1.82. The summed E-state index contributed by atoms with van der Waals surface area (Å²) in [6, 6.07) is 13.3. The lowest BCUT2D eigenvalue weighted by Crippen LogP contribution is -2.32. The highest BCUT2D eigenvalue weighted by atomic mass is 32.2. The van der Waals surface area contributed by atoms with Crippen LogP contribution in [-0.2, 0) is 14.8 Å². The number of thioether (sulfide) groups is 1. The van der Waals surface area contributed by atoms with E-state index in [1.807, 2.05) is 6.92 Å². The number of carbonyl (C=O) groups excluding carboxylic acids is 1. The zero-order valence-electron chi connectivity index (χ0n) is 17.1. The van der Waals surface area contributed by atoms with Crippen LogP contribution >= 0.6 is 11.8 Å². The van der Waals surface area contributed by atoms with Crippen LogP contribution < -0.4 is 19.1 Å². The van der Waals surface area contributed by atoms with E-state index < -0.39 is 10.0 Å². The van der Waals surface area contributed by atoms with Crippen molar-refractivity contribution < 1.29 is 22.7 Å². The van der Waals surface area contributed by atoms with Gasteiger partial charge in [0.1, 0.15) is 0 Å². The average molecular weight is 451 g/mol. The number of hydrogen-bond acceptors (Lipinski definition) is 6. The van der Waals surface area contributed by atoms with Crippen LogP contribution in [-0.4, -0.2) is 46.2 Å². The first-order chi connectivity index (χ1) is 14.3. The van der Waals surface area contributed by atoms with Gasteiger partial charge in [0.2, 0.25) is 22.7 Å². The van der Waals surface area contributed by atoms with Gasteiger partial charge in [-0.15, -0.1) is 11.8 Å². The summed E-state index contributed by atoms with van der Waals surface area (Å²) in [5.74, 6) is 1.81. The van der Waals surface area contributed by atoms with Crippen LogP contribution in [0.1, 0.15) is 18.4 Å². The molecule has 0 unspecified atom stereocenters. The molecule has 1 aliphatic rings. The minimum absolute atomic E-state index is 0.0846. The fourth-order valence-corrected chi connectivity index (χ4v) is 4.72. The number of ether oxygens (including phenoxy) is 2. The molecular weight excluding hydrogens is 424 g/mol. The van der Waals surface area contributed by atoms with E-state index in [1.165, 1.54) is 14.8 Å². The number of anilines is 1. The Morgan fingerprint density at radius 2 is 1.87 bits per heavy atom. The maximum absolute atomic E-state index is 12.2. The van der Waals surface area contributed by atoms with E-state index in [0.717, 1.165) is 12.0 Å². The number of benzene rings is 2. The number of fused-ring (bicyclic) bond motifs is 1. The highest BCUT2D eigenvalue weighted by molar-refractivity contribution is 7.99. The molecule has 3 rings (SSSR count). The summed E-state index contributed by atoms with van der Waals surface area (Å²) >= 11 is 1.69. The lowest BCUT2D eigenvalue weighted by molar-refractivity contribution is -0.121. The van der Waals surface area contributed by atoms with Crippen LogP contribution in [0.4, 0.5) is 5.69 Å². The highest BCUT2D eigenvalue weighted by Gasteiger charge is 2.21. The average Bonchev–Trinajstić information content (AvgIpc) is 3.17. The quantitative estimate of drug-likeness (QED) is 0.442. The normalized spacial score (nSPS) is 12.6. The van der Waals surface area contributed by atoms with E-state index in [1.54, 1.807) is 30.0 Å². The second kappa shape index (κ2) is 10.1. The molecule has 0 bridgehead atoms.